The minimum Gasteiger partial charge on any atom is -0.444 e. The summed E-state index contributed by atoms with van der Waals surface area (Å²) in [5, 5.41) is 7.32. The van der Waals surface area contributed by atoms with Gasteiger partial charge in [0, 0.05) is 39.0 Å². The van der Waals surface area contributed by atoms with Gasteiger partial charge in [0.25, 0.3) is 0 Å². The maximum atomic E-state index is 12.7. The topological polar surface area (TPSA) is 85.7 Å². The molecule has 3 rings (SSSR count). The van der Waals surface area contributed by atoms with Crippen LogP contribution >= 0.6 is 0 Å². The Morgan fingerprint density at radius 3 is 2.75 bits per heavy atom. The van der Waals surface area contributed by atoms with Crippen LogP contribution in [0.1, 0.15) is 46.5 Å². The number of anilines is 1. The SMILES string of the molecule is CC(C)(C)OC(=O)N1CCC[C@H](C(=O)Nc2cnn(CC3CCOCC3)c2)C1. The molecule has 0 bridgehead atoms. The Morgan fingerprint density at radius 2 is 2.04 bits per heavy atom. The Balaban J connectivity index is 1.50. The Hall–Kier alpha value is -2.09. The highest BCUT2D eigenvalue weighted by molar-refractivity contribution is 5.92. The smallest absolute Gasteiger partial charge is 0.410 e. The Bertz CT molecular complexity index is 676. The number of carbonyl (C=O) groups excluding carboxylic acids is 2. The summed E-state index contributed by atoms with van der Waals surface area (Å²) < 4.78 is 12.7. The normalized spacial score (nSPS) is 21.4. The van der Waals surface area contributed by atoms with Crippen LogP contribution < -0.4 is 5.32 Å². The second-order valence-electron chi connectivity index (χ2n) is 8.76. The molecule has 0 radical (unpaired) electrons. The van der Waals surface area contributed by atoms with Gasteiger partial charge in [0.1, 0.15) is 5.60 Å². The summed E-state index contributed by atoms with van der Waals surface area (Å²) in [7, 11) is 0. The van der Waals surface area contributed by atoms with Gasteiger partial charge in [-0.05, 0) is 52.4 Å². The molecule has 3 heterocycles. The van der Waals surface area contributed by atoms with Gasteiger partial charge in [0.15, 0.2) is 0 Å². The first-order chi connectivity index (χ1) is 13.3. The van der Waals surface area contributed by atoms with E-state index >= 15 is 0 Å². The maximum absolute atomic E-state index is 12.7. The number of piperidine rings is 1. The number of hydrogen-bond donors (Lipinski definition) is 1. The average Bonchev–Trinajstić information content (AvgIpc) is 3.08. The minimum atomic E-state index is -0.536. The van der Waals surface area contributed by atoms with Crippen LogP contribution in [-0.2, 0) is 20.8 Å². The summed E-state index contributed by atoms with van der Waals surface area (Å²) >= 11 is 0. The number of hydrogen-bond acceptors (Lipinski definition) is 5. The first-order valence-electron chi connectivity index (χ1n) is 10.2. The second kappa shape index (κ2) is 8.94. The predicted octanol–water partition coefficient (Wildman–Crippen LogP) is 2.90. The summed E-state index contributed by atoms with van der Waals surface area (Å²) in [6, 6.07) is 0. The molecule has 8 heteroatoms. The lowest BCUT2D eigenvalue weighted by Crippen LogP contribution is -2.45. The van der Waals surface area contributed by atoms with Crippen LogP contribution in [0.3, 0.4) is 0 Å². The van der Waals surface area contributed by atoms with Crippen molar-refractivity contribution in [3.8, 4) is 0 Å². The highest BCUT2D eigenvalue weighted by Crippen LogP contribution is 2.22. The summed E-state index contributed by atoms with van der Waals surface area (Å²) in [6.07, 6.45) is 6.86. The third-order valence-corrected chi connectivity index (χ3v) is 5.13. The largest absolute Gasteiger partial charge is 0.444 e. The molecule has 2 fully saturated rings. The molecule has 2 saturated heterocycles. The highest BCUT2D eigenvalue weighted by atomic mass is 16.6. The van der Waals surface area contributed by atoms with Crippen molar-refractivity contribution in [2.45, 2.75) is 58.6 Å². The van der Waals surface area contributed by atoms with E-state index in [1.165, 1.54) is 0 Å². The molecule has 0 spiro atoms. The monoisotopic (exact) mass is 392 g/mol. The van der Waals surface area contributed by atoms with E-state index < -0.39 is 5.60 Å². The van der Waals surface area contributed by atoms with Crippen LogP contribution in [0.15, 0.2) is 12.4 Å². The molecule has 2 amide bonds. The van der Waals surface area contributed by atoms with E-state index in [4.69, 9.17) is 9.47 Å². The lowest BCUT2D eigenvalue weighted by molar-refractivity contribution is -0.121. The van der Waals surface area contributed by atoms with Gasteiger partial charge in [-0.15, -0.1) is 0 Å². The fourth-order valence-electron chi connectivity index (χ4n) is 3.65. The zero-order valence-electron chi connectivity index (χ0n) is 17.1. The van der Waals surface area contributed by atoms with Gasteiger partial charge < -0.3 is 19.7 Å². The van der Waals surface area contributed by atoms with Crippen molar-refractivity contribution in [2.75, 3.05) is 31.6 Å². The van der Waals surface area contributed by atoms with Gasteiger partial charge in [-0.25, -0.2) is 4.79 Å². The molecule has 2 aliphatic heterocycles. The van der Waals surface area contributed by atoms with E-state index in [9.17, 15) is 9.59 Å². The fourth-order valence-corrected chi connectivity index (χ4v) is 3.65. The molecule has 1 aromatic heterocycles. The van der Waals surface area contributed by atoms with Crippen LogP contribution in [0, 0.1) is 11.8 Å². The van der Waals surface area contributed by atoms with E-state index in [1.54, 1.807) is 11.1 Å². The molecule has 0 unspecified atom stereocenters. The predicted molar refractivity (Wildman–Crippen MR) is 105 cm³/mol. The molecule has 1 N–H and O–H groups in total. The number of amides is 2. The van der Waals surface area contributed by atoms with Crippen molar-refractivity contribution in [2.24, 2.45) is 11.8 Å². The Labute approximate surface area is 166 Å². The molecule has 1 atom stereocenters. The standard InChI is InChI=1S/C20H32N4O4/c1-20(2,3)28-19(26)23-8-4-5-16(13-23)18(25)22-17-11-21-24(14-17)12-15-6-9-27-10-7-15/h11,14-16H,4-10,12-13H2,1-3H3,(H,22,25)/t16-/m0/s1. The molecule has 0 saturated carbocycles. The summed E-state index contributed by atoms with van der Waals surface area (Å²) in [5.41, 5.74) is 0.164. The van der Waals surface area contributed by atoms with Crippen molar-refractivity contribution in [1.82, 2.24) is 14.7 Å². The number of carbonyl (C=O) groups is 2. The Kier molecular flexibility index (Phi) is 6.59. The molecule has 0 aliphatic carbocycles. The molecule has 2 aliphatic rings. The number of rotatable bonds is 4. The molecule has 8 nitrogen and oxygen atoms in total. The zero-order chi connectivity index (χ0) is 20.1. The zero-order valence-corrected chi connectivity index (χ0v) is 17.1. The maximum Gasteiger partial charge on any atom is 0.410 e. The second-order valence-corrected chi connectivity index (χ2v) is 8.76. The van der Waals surface area contributed by atoms with Crippen LogP contribution in [0.5, 0.6) is 0 Å². The van der Waals surface area contributed by atoms with E-state index in [1.807, 2.05) is 31.6 Å². The first-order valence-corrected chi connectivity index (χ1v) is 10.2. The van der Waals surface area contributed by atoms with Crippen LogP contribution in [0.2, 0.25) is 0 Å². The van der Waals surface area contributed by atoms with Gasteiger partial charge in [0.2, 0.25) is 5.91 Å². The number of aromatic nitrogens is 2. The van der Waals surface area contributed by atoms with Crippen LogP contribution in [-0.4, -0.2) is 58.6 Å². The first kappa shape index (κ1) is 20.6. The third kappa shape index (κ3) is 5.95. The van der Waals surface area contributed by atoms with Crippen LogP contribution in [0.25, 0.3) is 0 Å². The van der Waals surface area contributed by atoms with Gasteiger partial charge in [-0.3, -0.25) is 9.48 Å². The lowest BCUT2D eigenvalue weighted by Gasteiger charge is -2.33. The Morgan fingerprint density at radius 1 is 1.29 bits per heavy atom. The molecule has 1 aromatic rings. The van der Waals surface area contributed by atoms with E-state index in [2.05, 4.69) is 10.4 Å². The van der Waals surface area contributed by atoms with Crippen molar-refractivity contribution in [3.05, 3.63) is 12.4 Å². The van der Waals surface area contributed by atoms with Crippen LogP contribution in [0.4, 0.5) is 10.5 Å². The van der Waals surface area contributed by atoms with Crippen molar-refractivity contribution in [1.29, 1.82) is 0 Å². The van der Waals surface area contributed by atoms with Gasteiger partial charge in [0.05, 0.1) is 17.8 Å². The number of ether oxygens (including phenoxy) is 2. The molecular formula is C20H32N4O4. The van der Waals surface area contributed by atoms with E-state index in [0.29, 0.717) is 24.7 Å². The quantitative estimate of drug-likeness (QED) is 0.851. The number of nitrogens with zero attached hydrogens (tertiary/aromatic N) is 3. The van der Waals surface area contributed by atoms with Gasteiger partial charge in [-0.1, -0.05) is 0 Å². The summed E-state index contributed by atoms with van der Waals surface area (Å²) in [4.78, 5) is 26.6. The minimum absolute atomic E-state index is 0.0705. The average molecular weight is 393 g/mol. The lowest BCUT2D eigenvalue weighted by atomic mass is 9.97. The number of likely N-dealkylation sites (tertiary alicyclic amines) is 1. The van der Waals surface area contributed by atoms with Gasteiger partial charge >= 0.3 is 6.09 Å². The molecule has 156 valence electrons. The van der Waals surface area contributed by atoms with Crippen molar-refractivity contribution in [3.63, 3.8) is 0 Å². The fraction of sp³-hybridized carbons (Fsp3) is 0.750. The molecule has 28 heavy (non-hydrogen) atoms. The van der Waals surface area contributed by atoms with Crippen molar-refractivity contribution < 1.29 is 19.1 Å². The summed E-state index contributed by atoms with van der Waals surface area (Å²) in [5.74, 6) is 0.261. The van der Waals surface area contributed by atoms with Crippen molar-refractivity contribution >= 4 is 17.7 Å². The molecule has 0 aromatic carbocycles. The number of nitrogens with one attached hydrogen (secondary N) is 1. The highest BCUT2D eigenvalue weighted by Gasteiger charge is 2.31. The van der Waals surface area contributed by atoms with Gasteiger partial charge in [-0.2, -0.15) is 5.10 Å². The third-order valence-electron chi connectivity index (χ3n) is 5.13. The van der Waals surface area contributed by atoms with E-state index in [-0.39, 0.29) is 17.9 Å². The molecular weight excluding hydrogens is 360 g/mol. The summed E-state index contributed by atoms with van der Waals surface area (Å²) in [6.45, 7) is 9.01. The van der Waals surface area contributed by atoms with E-state index in [0.717, 1.165) is 45.4 Å².